The summed E-state index contributed by atoms with van der Waals surface area (Å²) in [5.74, 6) is 1.58. The van der Waals surface area contributed by atoms with Crippen molar-refractivity contribution in [2.45, 2.75) is 38.1 Å². The summed E-state index contributed by atoms with van der Waals surface area (Å²) in [7, 11) is 0. The van der Waals surface area contributed by atoms with E-state index in [2.05, 4.69) is 15.1 Å². The highest BCUT2D eigenvalue weighted by Crippen LogP contribution is 2.33. The third-order valence-electron chi connectivity index (χ3n) is 5.62. The molecule has 4 heterocycles. The number of carbonyl (C=O) groups excluding carboxylic acids is 1. The zero-order valence-corrected chi connectivity index (χ0v) is 13.0. The molecule has 118 valence electrons. The van der Waals surface area contributed by atoms with Crippen LogP contribution < -0.4 is 0 Å². The Hall–Kier alpha value is -1.49. The summed E-state index contributed by atoms with van der Waals surface area (Å²) < 4.78 is 0. The number of amides is 1. The van der Waals surface area contributed by atoms with E-state index in [0.29, 0.717) is 17.7 Å². The minimum Gasteiger partial charge on any atom is -0.335 e. The largest absolute Gasteiger partial charge is 0.335 e. The summed E-state index contributed by atoms with van der Waals surface area (Å²) in [6, 6.07) is 4.10. The van der Waals surface area contributed by atoms with E-state index in [1.54, 1.807) is 18.3 Å². The topological polar surface area (TPSA) is 49.3 Å². The molecular weight excluding hydrogens is 276 g/mol. The molecule has 1 aromatic rings. The predicted octanol–water partition coefficient (Wildman–Crippen LogP) is 1.81. The summed E-state index contributed by atoms with van der Waals surface area (Å²) in [6.45, 7) is 4.16. The van der Waals surface area contributed by atoms with Gasteiger partial charge in [0.1, 0.15) is 0 Å². The van der Waals surface area contributed by atoms with Crippen molar-refractivity contribution in [3.05, 3.63) is 24.0 Å². The highest BCUT2D eigenvalue weighted by molar-refractivity contribution is 5.92. The number of hydrogen-bond donors (Lipinski definition) is 0. The van der Waals surface area contributed by atoms with Crippen LogP contribution in [0.2, 0.25) is 0 Å². The molecule has 1 saturated carbocycles. The van der Waals surface area contributed by atoms with Gasteiger partial charge in [0.25, 0.3) is 5.91 Å². The Morgan fingerprint density at radius 3 is 2.82 bits per heavy atom. The monoisotopic (exact) mass is 300 g/mol. The van der Waals surface area contributed by atoms with E-state index >= 15 is 0 Å². The lowest BCUT2D eigenvalue weighted by molar-refractivity contribution is 0.0711. The highest BCUT2D eigenvalue weighted by Gasteiger charge is 2.38. The van der Waals surface area contributed by atoms with E-state index in [0.717, 1.165) is 19.0 Å². The molecule has 1 amide bonds. The van der Waals surface area contributed by atoms with Gasteiger partial charge in [0.15, 0.2) is 5.69 Å². The minimum absolute atomic E-state index is 0.0514. The number of piperidine rings is 1. The van der Waals surface area contributed by atoms with Crippen LogP contribution in [0.15, 0.2) is 18.3 Å². The molecule has 3 saturated heterocycles. The molecule has 2 atom stereocenters. The van der Waals surface area contributed by atoms with Gasteiger partial charge < -0.3 is 4.90 Å². The lowest BCUT2D eigenvalue weighted by Gasteiger charge is -2.40. The zero-order chi connectivity index (χ0) is 14.9. The first-order chi connectivity index (χ1) is 10.8. The van der Waals surface area contributed by atoms with Crippen molar-refractivity contribution >= 4 is 5.91 Å². The fourth-order valence-electron chi connectivity index (χ4n) is 4.15. The number of rotatable bonds is 3. The summed E-state index contributed by atoms with van der Waals surface area (Å²) in [5.41, 5.74) is 0.481. The number of fused-ring (bicyclic) bond motifs is 4. The van der Waals surface area contributed by atoms with Crippen molar-refractivity contribution in [1.29, 1.82) is 0 Å². The maximum atomic E-state index is 12.7. The van der Waals surface area contributed by atoms with E-state index < -0.39 is 0 Å². The van der Waals surface area contributed by atoms with Gasteiger partial charge in [-0.1, -0.05) is 6.42 Å². The third-order valence-corrected chi connectivity index (χ3v) is 5.62. The molecule has 22 heavy (non-hydrogen) atoms. The summed E-state index contributed by atoms with van der Waals surface area (Å²) >= 11 is 0. The average Bonchev–Trinajstić information content (AvgIpc) is 2.82. The van der Waals surface area contributed by atoms with Gasteiger partial charge in [-0.3, -0.25) is 9.69 Å². The van der Waals surface area contributed by atoms with E-state index in [4.69, 9.17) is 0 Å². The maximum absolute atomic E-state index is 12.7. The van der Waals surface area contributed by atoms with Gasteiger partial charge in [0, 0.05) is 38.4 Å². The van der Waals surface area contributed by atoms with Crippen molar-refractivity contribution in [2.75, 3.05) is 26.2 Å². The molecule has 3 aliphatic heterocycles. The summed E-state index contributed by atoms with van der Waals surface area (Å²) in [6.07, 6.45) is 8.32. The van der Waals surface area contributed by atoms with Crippen LogP contribution in [0.1, 0.15) is 42.6 Å². The smallest absolute Gasteiger partial charge is 0.274 e. The first kappa shape index (κ1) is 14.1. The van der Waals surface area contributed by atoms with Gasteiger partial charge >= 0.3 is 0 Å². The number of nitrogens with zero attached hydrogens (tertiary/aromatic N) is 4. The van der Waals surface area contributed by atoms with Crippen LogP contribution in [0.4, 0.5) is 0 Å². The fraction of sp³-hybridized carbons (Fsp3) is 0.706. The van der Waals surface area contributed by atoms with Crippen LogP contribution in [0.3, 0.4) is 0 Å². The Morgan fingerprint density at radius 1 is 1.18 bits per heavy atom. The molecule has 5 nitrogen and oxygen atoms in total. The zero-order valence-electron chi connectivity index (χ0n) is 13.0. The Morgan fingerprint density at radius 2 is 2.09 bits per heavy atom. The van der Waals surface area contributed by atoms with Gasteiger partial charge in [-0.2, -0.15) is 5.10 Å². The second-order valence-corrected chi connectivity index (χ2v) is 7.17. The van der Waals surface area contributed by atoms with Crippen LogP contribution >= 0.6 is 0 Å². The molecule has 0 spiro atoms. The molecule has 0 unspecified atom stereocenters. The van der Waals surface area contributed by atoms with Crippen LogP contribution in [-0.2, 0) is 0 Å². The average molecular weight is 300 g/mol. The van der Waals surface area contributed by atoms with Gasteiger partial charge in [0.2, 0.25) is 0 Å². The quantitative estimate of drug-likeness (QED) is 0.854. The van der Waals surface area contributed by atoms with Crippen molar-refractivity contribution < 1.29 is 4.79 Å². The van der Waals surface area contributed by atoms with E-state index in [-0.39, 0.29) is 5.91 Å². The first-order valence-corrected chi connectivity index (χ1v) is 8.60. The van der Waals surface area contributed by atoms with E-state index in [1.807, 2.05) is 4.90 Å². The van der Waals surface area contributed by atoms with Crippen molar-refractivity contribution in [2.24, 2.45) is 11.8 Å². The molecule has 4 fully saturated rings. The van der Waals surface area contributed by atoms with E-state index in [1.165, 1.54) is 45.2 Å². The number of carbonyl (C=O) groups is 1. The SMILES string of the molecule is O=C(c1cccnn1)N1C[C@@H]2CC[C@H](C1)N(CC1CCC1)C2. The van der Waals surface area contributed by atoms with Crippen LogP contribution in [-0.4, -0.2) is 58.1 Å². The Bertz CT molecular complexity index is 531. The van der Waals surface area contributed by atoms with Gasteiger partial charge in [-0.05, 0) is 49.7 Å². The second-order valence-electron chi connectivity index (χ2n) is 7.17. The Kier molecular flexibility index (Phi) is 3.82. The molecule has 2 bridgehead atoms. The van der Waals surface area contributed by atoms with Crippen LogP contribution in [0.5, 0.6) is 0 Å². The number of aromatic nitrogens is 2. The predicted molar refractivity (Wildman–Crippen MR) is 83.4 cm³/mol. The normalized spacial score (nSPS) is 29.2. The molecule has 0 radical (unpaired) electrons. The molecule has 5 heteroatoms. The minimum atomic E-state index is 0.0514. The van der Waals surface area contributed by atoms with Gasteiger partial charge in [0.05, 0.1) is 0 Å². The molecule has 1 aromatic heterocycles. The molecular formula is C17H24N4O. The fourth-order valence-corrected chi connectivity index (χ4v) is 4.15. The summed E-state index contributed by atoms with van der Waals surface area (Å²) in [4.78, 5) is 17.4. The standard InChI is InChI=1S/C17H24N4O/c22-17(16-5-2-8-18-19-16)21-11-14-6-7-15(12-21)20(10-14)9-13-3-1-4-13/h2,5,8,13-15H,1,3-4,6-7,9-12H2/t14-,15-/m1/s1. The molecule has 1 aliphatic carbocycles. The molecule has 4 aliphatic rings. The second kappa shape index (κ2) is 5.95. The first-order valence-electron chi connectivity index (χ1n) is 8.60. The molecule has 0 N–H and O–H groups in total. The Labute approximate surface area is 131 Å². The van der Waals surface area contributed by atoms with Crippen LogP contribution in [0, 0.1) is 11.8 Å². The summed E-state index contributed by atoms with van der Waals surface area (Å²) in [5, 5.41) is 7.83. The highest BCUT2D eigenvalue weighted by atomic mass is 16.2. The van der Waals surface area contributed by atoms with Gasteiger partial charge in [-0.15, -0.1) is 5.10 Å². The van der Waals surface area contributed by atoms with E-state index in [9.17, 15) is 4.79 Å². The third kappa shape index (κ3) is 2.74. The maximum Gasteiger partial charge on any atom is 0.274 e. The lowest BCUT2D eigenvalue weighted by atomic mass is 9.83. The van der Waals surface area contributed by atoms with Crippen molar-refractivity contribution in [1.82, 2.24) is 20.0 Å². The van der Waals surface area contributed by atoms with Crippen molar-refractivity contribution in [3.8, 4) is 0 Å². The van der Waals surface area contributed by atoms with Crippen molar-refractivity contribution in [3.63, 3.8) is 0 Å². The molecule has 5 rings (SSSR count). The van der Waals surface area contributed by atoms with Gasteiger partial charge in [-0.25, -0.2) is 0 Å². The molecule has 0 aromatic carbocycles. The lowest BCUT2D eigenvalue weighted by Crippen LogP contribution is -2.47. The van der Waals surface area contributed by atoms with Crippen LogP contribution in [0.25, 0.3) is 0 Å². The number of hydrogen-bond acceptors (Lipinski definition) is 4. The Balaban J connectivity index is 1.46.